The van der Waals surface area contributed by atoms with Gasteiger partial charge in [-0.15, -0.1) is 0 Å². The van der Waals surface area contributed by atoms with Crippen LogP contribution in [0.5, 0.6) is 11.5 Å². The molecule has 0 aliphatic carbocycles. The Bertz CT molecular complexity index is 861. The van der Waals surface area contributed by atoms with Crippen LogP contribution in [-0.4, -0.2) is 43.3 Å². The lowest BCUT2D eigenvalue weighted by Crippen LogP contribution is -2.62. The fourth-order valence-electron chi connectivity index (χ4n) is 3.47. The van der Waals surface area contributed by atoms with Crippen molar-refractivity contribution in [3.63, 3.8) is 0 Å². The van der Waals surface area contributed by atoms with Crippen LogP contribution in [0.1, 0.15) is 24.5 Å². The molecule has 0 atom stereocenters. The van der Waals surface area contributed by atoms with Gasteiger partial charge in [0.25, 0.3) is 5.97 Å². The summed E-state index contributed by atoms with van der Waals surface area (Å²) in [6.45, 7) is 4.35. The maximum atomic E-state index is 12.9. The first kappa shape index (κ1) is 21.6. The Morgan fingerprint density at radius 1 is 1.03 bits per heavy atom. The second-order valence-electron chi connectivity index (χ2n) is 7.58. The molecule has 0 aromatic heterocycles. The number of hydrogen-bond donors (Lipinski definition) is 3. The molecule has 7 heteroatoms. The number of ether oxygens (including phenoxy) is 2. The summed E-state index contributed by atoms with van der Waals surface area (Å²) >= 11 is 0. The van der Waals surface area contributed by atoms with Gasteiger partial charge >= 0.3 is 0 Å². The Morgan fingerprint density at radius 2 is 1.70 bits per heavy atom. The Hall–Kier alpha value is -3.06. The zero-order chi connectivity index (χ0) is 21.4. The van der Waals surface area contributed by atoms with E-state index in [0.29, 0.717) is 19.8 Å². The summed E-state index contributed by atoms with van der Waals surface area (Å²) in [5.74, 6) is 0.812. The van der Waals surface area contributed by atoms with E-state index in [9.17, 15) is 4.79 Å². The normalized spacial score (nSPS) is 16.2. The topological polar surface area (TPSA) is 96.9 Å². The lowest BCUT2D eigenvalue weighted by molar-refractivity contribution is -0.135. The molecule has 0 radical (unpaired) electrons. The van der Waals surface area contributed by atoms with Crippen molar-refractivity contribution in [2.75, 3.05) is 26.3 Å². The molecule has 30 heavy (non-hydrogen) atoms. The molecule has 2 aliphatic rings. The van der Waals surface area contributed by atoms with Crippen LogP contribution >= 0.6 is 0 Å². The van der Waals surface area contributed by atoms with E-state index in [1.807, 2.05) is 36.4 Å². The van der Waals surface area contributed by atoms with Crippen LogP contribution < -0.4 is 20.1 Å². The van der Waals surface area contributed by atoms with Crippen LogP contribution in [0.2, 0.25) is 0 Å². The van der Waals surface area contributed by atoms with Crippen molar-refractivity contribution in [3.8, 4) is 11.5 Å². The van der Waals surface area contributed by atoms with E-state index in [1.165, 1.54) is 5.56 Å². The second-order valence-corrected chi connectivity index (χ2v) is 7.58. The average Bonchev–Trinajstić information content (AvgIpc) is 2.94. The number of nitrogens with one attached hydrogen (secondary N) is 2. The number of benzene rings is 2. The van der Waals surface area contributed by atoms with E-state index in [2.05, 4.69) is 22.8 Å². The minimum absolute atomic E-state index is 0.104. The highest BCUT2D eigenvalue weighted by Gasteiger charge is 2.43. The van der Waals surface area contributed by atoms with E-state index in [4.69, 9.17) is 19.4 Å². The highest BCUT2D eigenvalue weighted by atomic mass is 16.5. The number of rotatable bonds is 5. The molecule has 1 fully saturated rings. The molecule has 2 heterocycles. The number of carboxylic acid groups (broad SMARTS) is 1. The fourth-order valence-corrected chi connectivity index (χ4v) is 3.47. The summed E-state index contributed by atoms with van der Waals surface area (Å²) in [6, 6.07) is 16.1. The molecule has 160 valence electrons. The maximum absolute atomic E-state index is 12.9. The van der Waals surface area contributed by atoms with E-state index in [-0.39, 0.29) is 11.3 Å². The molecule has 1 amide bonds. The Balaban J connectivity index is 0.000000589. The molecular weight excluding hydrogens is 384 g/mol. The molecule has 0 saturated carbocycles. The van der Waals surface area contributed by atoms with Crippen LogP contribution in [0.4, 0.5) is 0 Å². The average molecular weight is 412 g/mol. The number of carbonyl (C=O) groups excluding carboxylic acids is 1. The summed E-state index contributed by atoms with van der Waals surface area (Å²) in [6.07, 6.45) is 1.64. The van der Waals surface area contributed by atoms with Gasteiger partial charge in [0.05, 0.1) is 18.6 Å². The van der Waals surface area contributed by atoms with Gasteiger partial charge in [-0.1, -0.05) is 36.4 Å². The van der Waals surface area contributed by atoms with Gasteiger partial charge in [-0.3, -0.25) is 9.59 Å². The summed E-state index contributed by atoms with van der Waals surface area (Å²) in [7, 11) is 0. The van der Waals surface area contributed by atoms with Crippen molar-refractivity contribution in [2.45, 2.75) is 26.3 Å². The van der Waals surface area contributed by atoms with Gasteiger partial charge in [-0.25, -0.2) is 0 Å². The number of fused-ring (bicyclic) bond motifs is 1. The fraction of sp³-hybridized carbons (Fsp3) is 0.391. The monoisotopic (exact) mass is 412 g/mol. The Kier molecular flexibility index (Phi) is 7.30. The van der Waals surface area contributed by atoms with E-state index in [1.54, 1.807) is 0 Å². The number of amides is 1. The molecule has 7 nitrogen and oxygen atoms in total. The predicted molar refractivity (Wildman–Crippen MR) is 113 cm³/mol. The molecular formula is C23H28N2O5. The van der Waals surface area contributed by atoms with Gasteiger partial charge in [-0.2, -0.15) is 0 Å². The summed E-state index contributed by atoms with van der Waals surface area (Å²) in [4.78, 5) is 21.9. The molecule has 3 N–H and O–H groups in total. The SMILES string of the molecule is CC(=O)O.O=C(NCc1ccc2c(c1)OCCCO2)C1(Cc2ccccc2)CNC1. The number of carboxylic acids is 1. The van der Waals surface area contributed by atoms with Crippen LogP contribution in [-0.2, 0) is 22.6 Å². The quantitative estimate of drug-likeness (QED) is 0.698. The highest BCUT2D eigenvalue weighted by Crippen LogP contribution is 2.31. The largest absolute Gasteiger partial charge is 0.490 e. The van der Waals surface area contributed by atoms with E-state index < -0.39 is 5.97 Å². The second kappa shape index (κ2) is 10.1. The van der Waals surface area contributed by atoms with E-state index >= 15 is 0 Å². The van der Waals surface area contributed by atoms with Crippen LogP contribution in [0.25, 0.3) is 0 Å². The summed E-state index contributed by atoms with van der Waals surface area (Å²) < 4.78 is 11.4. The molecule has 0 unspecified atom stereocenters. The summed E-state index contributed by atoms with van der Waals surface area (Å²) in [5, 5.41) is 13.8. The molecule has 4 rings (SSSR count). The molecule has 0 bridgehead atoms. The van der Waals surface area contributed by atoms with Gasteiger partial charge in [-0.05, 0) is 29.7 Å². The first-order chi connectivity index (χ1) is 14.5. The maximum Gasteiger partial charge on any atom is 0.300 e. The third kappa shape index (κ3) is 5.73. The minimum atomic E-state index is -0.833. The van der Waals surface area contributed by atoms with Crippen molar-refractivity contribution in [2.24, 2.45) is 5.41 Å². The van der Waals surface area contributed by atoms with Crippen molar-refractivity contribution in [3.05, 3.63) is 59.7 Å². The van der Waals surface area contributed by atoms with Crippen LogP contribution in [0, 0.1) is 5.41 Å². The van der Waals surface area contributed by atoms with Crippen LogP contribution in [0.3, 0.4) is 0 Å². The molecule has 0 spiro atoms. The van der Waals surface area contributed by atoms with Crippen molar-refractivity contribution >= 4 is 11.9 Å². The first-order valence-electron chi connectivity index (χ1n) is 10.1. The Morgan fingerprint density at radius 3 is 2.33 bits per heavy atom. The Labute approximate surface area is 176 Å². The van der Waals surface area contributed by atoms with Crippen LogP contribution in [0.15, 0.2) is 48.5 Å². The van der Waals surface area contributed by atoms with Gasteiger partial charge < -0.3 is 25.2 Å². The van der Waals surface area contributed by atoms with Crippen molar-refractivity contribution < 1.29 is 24.2 Å². The zero-order valence-electron chi connectivity index (χ0n) is 17.1. The zero-order valence-corrected chi connectivity index (χ0v) is 17.1. The standard InChI is InChI=1S/C21H24N2O3.C2H4O2/c24-20(21(14-22-15-21)12-16-5-2-1-3-6-16)23-13-17-7-8-18-19(11-17)26-10-4-9-25-18;1-2(3)4/h1-3,5-8,11,22H,4,9-10,12-15H2,(H,23,24);1H3,(H,3,4). The highest BCUT2D eigenvalue weighted by molar-refractivity contribution is 5.84. The van der Waals surface area contributed by atoms with E-state index in [0.717, 1.165) is 49.9 Å². The molecule has 2 aromatic rings. The lowest BCUT2D eigenvalue weighted by Gasteiger charge is -2.41. The molecule has 2 aliphatic heterocycles. The van der Waals surface area contributed by atoms with Gasteiger partial charge in [0.2, 0.25) is 5.91 Å². The summed E-state index contributed by atoms with van der Waals surface area (Å²) in [5.41, 5.74) is 1.86. The molecule has 2 aromatic carbocycles. The third-order valence-corrected chi connectivity index (χ3v) is 5.06. The number of aliphatic carboxylic acids is 1. The van der Waals surface area contributed by atoms with Gasteiger partial charge in [0.15, 0.2) is 11.5 Å². The smallest absolute Gasteiger partial charge is 0.300 e. The van der Waals surface area contributed by atoms with Gasteiger partial charge in [0.1, 0.15) is 0 Å². The minimum Gasteiger partial charge on any atom is -0.490 e. The lowest BCUT2D eigenvalue weighted by atomic mass is 9.75. The third-order valence-electron chi connectivity index (χ3n) is 5.06. The number of hydrogen-bond acceptors (Lipinski definition) is 5. The van der Waals surface area contributed by atoms with Gasteiger partial charge in [0, 0.05) is 33.0 Å². The first-order valence-corrected chi connectivity index (χ1v) is 10.1. The van der Waals surface area contributed by atoms with Crippen molar-refractivity contribution in [1.82, 2.24) is 10.6 Å². The predicted octanol–water partition coefficient (Wildman–Crippen LogP) is 2.39. The van der Waals surface area contributed by atoms with Crippen molar-refractivity contribution in [1.29, 1.82) is 0 Å². The molecule has 1 saturated heterocycles. The number of carbonyl (C=O) groups is 2.